The number of carboxylic acid groups (broad SMARTS) is 1. The average Bonchev–Trinajstić information content (AvgIpc) is 2.85. The van der Waals surface area contributed by atoms with E-state index in [9.17, 15) is 4.79 Å². The number of rotatable bonds is 4. The molecule has 0 radical (unpaired) electrons. The number of benzene rings is 1. The largest absolute Gasteiger partial charge is 0.478 e. The summed E-state index contributed by atoms with van der Waals surface area (Å²) in [5.74, 6) is -0.861. The van der Waals surface area contributed by atoms with Crippen LogP contribution in [0.1, 0.15) is 18.9 Å². The third-order valence-corrected chi connectivity index (χ3v) is 2.79. The Bertz CT molecular complexity index is 567. The summed E-state index contributed by atoms with van der Waals surface area (Å²) in [5, 5.41) is 8.98. The van der Waals surface area contributed by atoms with Crippen LogP contribution in [-0.2, 0) is 4.79 Å². The molecule has 0 saturated carbocycles. The van der Waals surface area contributed by atoms with Crippen molar-refractivity contribution in [1.29, 1.82) is 0 Å². The normalized spacial score (nSPS) is 11.5. The Hall–Kier alpha value is -2.29. The van der Waals surface area contributed by atoms with Crippen LogP contribution in [-0.4, -0.2) is 16.1 Å². The van der Waals surface area contributed by atoms with Crippen molar-refractivity contribution in [3.63, 3.8) is 0 Å². The maximum absolute atomic E-state index is 10.9. The minimum Gasteiger partial charge on any atom is -0.478 e. The van der Waals surface area contributed by atoms with Crippen molar-refractivity contribution in [2.75, 3.05) is 0 Å². The summed E-state index contributed by atoms with van der Waals surface area (Å²) in [6, 6.07) is 11.9. The van der Waals surface area contributed by atoms with Gasteiger partial charge in [-0.15, -0.1) is 0 Å². The fourth-order valence-corrected chi connectivity index (χ4v) is 1.80. The second-order valence-corrected chi connectivity index (χ2v) is 4.04. The lowest BCUT2D eigenvalue weighted by molar-refractivity contribution is -0.132. The number of H-pyrrole nitrogens is 1. The van der Waals surface area contributed by atoms with E-state index in [0.29, 0.717) is 12.0 Å². The van der Waals surface area contributed by atoms with Crippen LogP contribution in [0.25, 0.3) is 17.3 Å². The standard InChI is InChI=1S/C15H15NO2/c1-2-12(15(17)18)8-11-9-14(16-10-11)13-6-4-3-5-7-13/h3-10,16H,2H2,1H3,(H,17,18)/b12-8+. The number of aliphatic carboxylic acids is 1. The van der Waals surface area contributed by atoms with Gasteiger partial charge in [0.25, 0.3) is 0 Å². The molecule has 0 aliphatic rings. The number of aromatic amines is 1. The smallest absolute Gasteiger partial charge is 0.331 e. The van der Waals surface area contributed by atoms with Crippen molar-refractivity contribution in [3.8, 4) is 11.3 Å². The lowest BCUT2D eigenvalue weighted by Crippen LogP contribution is -1.98. The van der Waals surface area contributed by atoms with Gasteiger partial charge in [0.05, 0.1) is 0 Å². The Balaban J connectivity index is 2.29. The Kier molecular flexibility index (Phi) is 3.63. The molecule has 3 heteroatoms. The third-order valence-electron chi connectivity index (χ3n) is 2.79. The zero-order valence-electron chi connectivity index (χ0n) is 10.2. The topological polar surface area (TPSA) is 53.1 Å². The van der Waals surface area contributed by atoms with Crippen LogP contribution in [0.2, 0.25) is 0 Å². The molecule has 0 spiro atoms. The summed E-state index contributed by atoms with van der Waals surface area (Å²) >= 11 is 0. The molecule has 2 N–H and O–H groups in total. The molecule has 0 unspecified atom stereocenters. The number of carbonyl (C=O) groups is 1. The maximum Gasteiger partial charge on any atom is 0.331 e. The molecule has 0 amide bonds. The summed E-state index contributed by atoms with van der Waals surface area (Å²) in [7, 11) is 0. The van der Waals surface area contributed by atoms with Crippen molar-refractivity contribution in [1.82, 2.24) is 4.98 Å². The van der Waals surface area contributed by atoms with Gasteiger partial charge in [0.2, 0.25) is 0 Å². The molecule has 1 heterocycles. The highest BCUT2D eigenvalue weighted by molar-refractivity contribution is 5.92. The van der Waals surface area contributed by atoms with Gasteiger partial charge < -0.3 is 10.1 Å². The summed E-state index contributed by atoms with van der Waals surface area (Å²) in [6.07, 6.45) is 4.04. The molecule has 3 nitrogen and oxygen atoms in total. The van der Waals surface area contributed by atoms with E-state index in [1.807, 2.05) is 49.5 Å². The number of carboxylic acids is 1. The van der Waals surface area contributed by atoms with Gasteiger partial charge in [-0.05, 0) is 29.7 Å². The van der Waals surface area contributed by atoms with Gasteiger partial charge in [-0.2, -0.15) is 0 Å². The molecule has 2 rings (SSSR count). The van der Waals surface area contributed by atoms with Gasteiger partial charge in [-0.25, -0.2) is 4.79 Å². The first-order valence-electron chi connectivity index (χ1n) is 5.88. The van der Waals surface area contributed by atoms with Crippen LogP contribution in [0.4, 0.5) is 0 Å². The van der Waals surface area contributed by atoms with Crippen LogP contribution < -0.4 is 0 Å². The monoisotopic (exact) mass is 241 g/mol. The molecule has 0 bridgehead atoms. The van der Waals surface area contributed by atoms with Crippen LogP contribution >= 0.6 is 0 Å². The second kappa shape index (κ2) is 5.36. The van der Waals surface area contributed by atoms with Gasteiger partial charge in [-0.1, -0.05) is 37.3 Å². The number of nitrogens with one attached hydrogen (secondary N) is 1. The van der Waals surface area contributed by atoms with Crippen molar-refractivity contribution in [3.05, 3.63) is 53.7 Å². The highest BCUT2D eigenvalue weighted by atomic mass is 16.4. The van der Waals surface area contributed by atoms with E-state index in [1.165, 1.54) is 0 Å². The van der Waals surface area contributed by atoms with Gasteiger partial charge in [0.1, 0.15) is 0 Å². The molecule has 92 valence electrons. The maximum atomic E-state index is 10.9. The van der Waals surface area contributed by atoms with Crippen LogP contribution in [0.3, 0.4) is 0 Å². The first kappa shape index (κ1) is 12.2. The molecular weight excluding hydrogens is 226 g/mol. The van der Waals surface area contributed by atoms with E-state index in [-0.39, 0.29) is 0 Å². The highest BCUT2D eigenvalue weighted by Crippen LogP contribution is 2.20. The minimum atomic E-state index is -0.861. The van der Waals surface area contributed by atoms with E-state index < -0.39 is 5.97 Å². The predicted molar refractivity (Wildman–Crippen MR) is 72.1 cm³/mol. The fraction of sp³-hybridized carbons (Fsp3) is 0.133. The first-order chi connectivity index (χ1) is 8.70. The minimum absolute atomic E-state index is 0.411. The fourth-order valence-electron chi connectivity index (χ4n) is 1.80. The number of hydrogen-bond acceptors (Lipinski definition) is 1. The molecule has 0 aliphatic heterocycles. The zero-order chi connectivity index (χ0) is 13.0. The lowest BCUT2D eigenvalue weighted by atomic mass is 10.1. The van der Waals surface area contributed by atoms with Crippen molar-refractivity contribution >= 4 is 12.0 Å². The van der Waals surface area contributed by atoms with E-state index in [2.05, 4.69) is 4.98 Å². The summed E-state index contributed by atoms with van der Waals surface area (Å²) in [5.41, 5.74) is 3.37. The Labute approximate surface area is 106 Å². The molecule has 2 aromatic rings. The molecule has 0 saturated heterocycles. The second-order valence-electron chi connectivity index (χ2n) is 4.04. The van der Waals surface area contributed by atoms with Gasteiger partial charge >= 0.3 is 5.97 Å². The molecule has 1 aromatic heterocycles. The lowest BCUT2D eigenvalue weighted by Gasteiger charge is -1.96. The number of hydrogen-bond donors (Lipinski definition) is 2. The van der Waals surface area contributed by atoms with Gasteiger partial charge in [0.15, 0.2) is 0 Å². The Morgan fingerprint density at radius 1 is 1.33 bits per heavy atom. The van der Waals surface area contributed by atoms with E-state index in [1.54, 1.807) is 6.08 Å². The highest BCUT2D eigenvalue weighted by Gasteiger charge is 2.05. The molecule has 1 aromatic carbocycles. The summed E-state index contributed by atoms with van der Waals surface area (Å²) in [4.78, 5) is 14.1. The molecular formula is C15H15NO2. The predicted octanol–water partition coefficient (Wildman–Crippen LogP) is 3.56. The van der Waals surface area contributed by atoms with E-state index in [0.717, 1.165) is 16.8 Å². The van der Waals surface area contributed by atoms with E-state index in [4.69, 9.17) is 5.11 Å². The molecule has 0 aliphatic carbocycles. The third kappa shape index (κ3) is 2.69. The summed E-state index contributed by atoms with van der Waals surface area (Å²) in [6.45, 7) is 1.84. The van der Waals surface area contributed by atoms with Gasteiger partial charge in [-0.3, -0.25) is 0 Å². The quantitative estimate of drug-likeness (QED) is 0.804. The average molecular weight is 241 g/mol. The van der Waals surface area contributed by atoms with Crippen LogP contribution in [0.5, 0.6) is 0 Å². The van der Waals surface area contributed by atoms with E-state index >= 15 is 0 Å². The van der Waals surface area contributed by atoms with Crippen molar-refractivity contribution in [2.45, 2.75) is 13.3 Å². The Morgan fingerprint density at radius 2 is 2.06 bits per heavy atom. The van der Waals surface area contributed by atoms with Crippen molar-refractivity contribution in [2.24, 2.45) is 0 Å². The molecule has 0 fully saturated rings. The SMILES string of the molecule is CC/C(=C\c1c[nH]c(-c2ccccc2)c1)C(=O)O. The molecule has 18 heavy (non-hydrogen) atoms. The molecule has 0 atom stereocenters. The summed E-state index contributed by atoms with van der Waals surface area (Å²) < 4.78 is 0. The van der Waals surface area contributed by atoms with Gasteiger partial charge in [0, 0.05) is 17.5 Å². The number of aromatic nitrogens is 1. The Morgan fingerprint density at radius 3 is 2.67 bits per heavy atom. The van der Waals surface area contributed by atoms with Crippen LogP contribution in [0, 0.1) is 0 Å². The van der Waals surface area contributed by atoms with Crippen molar-refractivity contribution < 1.29 is 9.90 Å². The first-order valence-corrected chi connectivity index (χ1v) is 5.88. The van der Waals surface area contributed by atoms with Crippen LogP contribution in [0.15, 0.2) is 48.2 Å². The zero-order valence-corrected chi connectivity index (χ0v) is 10.2.